The molecule has 0 saturated heterocycles. The van der Waals surface area contributed by atoms with Gasteiger partial charge in [0.1, 0.15) is 5.75 Å². The third kappa shape index (κ3) is 8.06. The summed E-state index contributed by atoms with van der Waals surface area (Å²) in [4.78, 5) is 12.6. The monoisotopic (exact) mass is 525 g/mol. The van der Waals surface area contributed by atoms with E-state index in [4.69, 9.17) is 16.3 Å². The zero-order chi connectivity index (χ0) is 27.0. The van der Waals surface area contributed by atoms with E-state index in [2.05, 4.69) is 44.9 Å². The van der Waals surface area contributed by atoms with E-state index in [1.807, 2.05) is 30.3 Å². The molecular weight excluding hydrogens is 486 g/mol. The van der Waals surface area contributed by atoms with Gasteiger partial charge < -0.3 is 9.84 Å². The summed E-state index contributed by atoms with van der Waals surface area (Å²) in [5.74, 6) is 0.480. The summed E-state index contributed by atoms with van der Waals surface area (Å²) in [7, 11) is 0. The van der Waals surface area contributed by atoms with Gasteiger partial charge in [-0.25, -0.2) is 4.68 Å². The number of aromatic nitrogens is 3. The zero-order valence-electron chi connectivity index (χ0n) is 22.8. The van der Waals surface area contributed by atoms with Crippen LogP contribution in [0.4, 0.5) is 0 Å². The van der Waals surface area contributed by atoms with Crippen LogP contribution in [0, 0.1) is 5.92 Å². The van der Waals surface area contributed by atoms with Crippen LogP contribution in [-0.2, 0) is 27.9 Å². The van der Waals surface area contributed by atoms with Crippen molar-refractivity contribution in [1.29, 1.82) is 0 Å². The Morgan fingerprint density at radius 3 is 2.59 bits per heavy atom. The molecule has 1 unspecified atom stereocenters. The highest BCUT2D eigenvalue weighted by Gasteiger charge is 2.23. The van der Waals surface area contributed by atoms with Crippen molar-refractivity contribution < 1.29 is 14.6 Å². The Morgan fingerprint density at radius 2 is 1.95 bits per heavy atom. The van der Waals surface area contributed by atoms with Gasteiger partial charge in [-0.3, -0.25) is 4.79 Å². The van der Waals surface area contributed by atoms with Gasteiger partial charge in [0.2, 0.25) is 0 Å². The second-order valence-electron chi connectivity index (χ2n) is 10.8. The molecule has 0 aliphatic heterocycles. The smallest absolute Gasteiger partial charge is 0.306 e. The first-order valence-corrected chi connectivity index (χ1v) is 13.6. The molecule has 1 N–H and O–H groups in total. The Morgan fingerprint density at radius 1 is 1.16 bits per heavy atom. The molecule has 1 heterocycles. The molecule has 0 aliphatic carbocycles. The Kier molecular flexibility index (Phi) is 10.2. The van der Waals surface area contributed by atoms with Crippen molar-refractivity contribution in [3.63, 3.8) is 0 Å². The normalized spacial score (nSPS) is 12.5. The summed E-state index contributed by atoms with van der Waals surface area (Å²) in [6.07, 6.45) is 8.67. The van der Waals surface area contributed by atoms with Gasteiger partial charge in [0, 0.05) is 28.8 Å². The fraction of sp³-hybridized carbons (Fsp3) is 0.500. The van der Waals surface area contributed by atoms with Crippen LogP contribution in [0.3, 0.4) is 0 Å². The number of nitrogens with zero attached hydrogens (tertiary/aromatic N) is 3. The minimum absolute atomic E-state index is 0.180. The molecule has 2 aromatic carbocycles. The van der Waals surface area contributed by atoms with Crippen molar-refractivity contribution >= 4 is 17.6 Å². The average molecular weight is 526 g/mol. The van der Waals surface area contributed by atoms with Gasteiger partial charge in [0.05, 0.1) is 19.3 Å². The number of carbonyl (C=O) groups excluding carboxylic acids is 1. The lowest BCUT2D eigenvalue weighted by molar-refractivity contribution is -0.145. The highest BCUT2D eigenvalue weighted by atomic mass is 35.5. The number of esters is 1. The summed E-state index contributed by atoms with van der Waals surface area (Å²) in [6.45, 7) is 11.5. The van der Waals surface area contributed by atoms with E-state index in [-0.39, 0.29) is 17.1 Å². The van der Waals surface area contributed by atoms with Gasteiger partial charge in [-0.1, -0.05) is 82.8 Å². The van der Waals surface area contributed by atoms with Gasteiger partial charge in [-0.05, 0) is 59.1 Å². The Hall–Kier alpha value is -2.86. The number of aryl methyl sites for hydroxylation is 1. The van der Waals surface area contributed by atoms with Crippen LogP contribution in [0.25, 0.3) is 11.1 Å². The van der Waals surface area contributed by atoms with Crippen molar-refractivity contribution in [3.8, 4) is 16.9 Å². The highest BCUT2D eigenvalue weighted by molar-refractivity contribution is 6.30. The maximum Gasteiger partial charge on any atom is 0.306 e. The van der Waals surface area contributed by atoms with Crippen LogP contribution in [0.2, 0.25) is 5.02 Å². The van der Waals surface area contributed by atoms with E-state index < -0.39 is 0 Å². The predicted octanol–water partition coefficient (Wildman–Crippen LogP) is 7.34. The summed E-state index contributed by atoms with van der Waals surface area (Å²) >= 11 is 6.34. The number of phenols is 1. The van der Waals surface area contributed by atoms with E-state index >= 15 is 0 Å². The molecule has 0 amide bonds. The van der Waals surface area contributed by atoms with Crippen LogP contribution in [0.1, 0.15) is 83.4 Å². The molecule has 0 spiro atoms. The first kappa shape index (κ1) is 28.7. The van der Waals surface area contributed by atoms with Crippen molar-refractivity contribution in [3.05, 3.63) is 64.4 Å². The molecule has 0 radical (unpaired) electrons. The number of aromatic hydroxyl groups is 1. The lowest BCUT2D eigenvalue weighted by Gasteiger charge is -2.24. The molecule has 1 aromatic heterocycles. The van der Waals surface area contributed by atoms with Gasteiger partial charge in [0.25, 0.3) is 0 Å². The SMILES string of the molecule is CCCCC(CC)COC(=O)CCc1cc(-c2ccc(Cl)cc2Cn2ccnn2)c(O)c(C(C)(C)C)c1. The molecule has 7 heteroatoms. The van der Waals surface area contributed by atoms with Crippen molar-refractivity contribution in [2.45, 2.75) is 85.1 Å². The highest BCUT2D eigenvalue weighted by Crippen LogP contribution is 2.41. The number of benzene rings is 2. The van der Waals surface area contributed by atoms with E-state index in [9.17, 15) is 9.90 Å². The van der Waals surface area contributed by atoms with E-state index in [0.29, 0.717) is 42.5 Å². The quantitative estimate of drug-likeness (QED) is 0.250. The van der Waals surface area contributed by atoms with E-state index in [1.54, 1.807) is 17.1 Å². The molecule has 1 atom stereocenters. The largest absolute Gasteiger partial charge is 0.507 e. The minimum atomic E-state index is -0.290. The Labute approximate surface area is 226 Å². The number of unbranched alkanes of at least 4 members (excludes halogenated alkanes) is 1. The van der Waals surface area contributed by atoms with Crippen LogP contribution < -0.4 is 0 Å². The second-order valence-corrected chi connectivity index (χ2v) is 11.2. The maximum absolute atomic E-state index is 12.6. The summed E-state index contributed by atoms with van der Waals surface area (Å²) in [5.41, 5.74) is 4.03. The van der Waals surface area contributed by atoms with E-state index in [1.165, 1.54) is 0 Å². The van der Waals surface area contributed by atoms with Crippen LogP contribution in [0.15, 0.2) is 42.7 Å². The lowest BCUT2D eigenvalue weighted by atomic mass is 9.82. The van der Waals surface area contributed by atoms with Crippen molar-refractivity contribution in [2.24, 2.45) is 5.92 Å². The number of hydrogen-bond donors (Lipinski definition) is 1. The number of carbonyl (C=O) groups is 1. The fourth-order valence-electron chi connectivity index (χ4n) is 4.49. The average Bonchev–Trinajstić information content (AvgIpc) is 3.36. The maximum atomic E-state index is 12.6. The minimum Gasteiger partial charge on any atom is -0.507 e. The van der Waals surface area contributed by atoms with E-state index in [0.717, 1.165) is 47.9 Å². The Bertz CT molecular complexity index is 1170. The lowest BCUT2D eigenvalue weighted by Crippen LogP contribution is -2.15. The Balaban J connectivity index is 1.87. The molecule has 3 rings (SSSR count). The van der Waals surface area contributed by atoms with Crippen LogP contribution in [0.5, 0.6) is 5.75 Å². The number of ether oxygens (including phenoxy) is 1. The molecule has 0 fully saturated rings. The van der Waals surface area contributed by atoms with Gasteiger partial charge in [0.15, 0.2) is 0 Å². The van der Waals surface area contributed by atoms with Crippen molar-refractivity contribution in [1.82, 2.24) is 15.0 Å². The van der Waals surface area contributed by atoms with Gasteiger partial charge in [-0.15, -0.1) is 5.10 Å². The predicted molar refractivity (Wildman–Crippen MR) is 149 cm³/mol. The topological polar surface area (TPSA) is 77.2 Å². The molecule has 3 aromatic rings. The number of halogens is 1. The van der Waals surface area contributed by atoms with Crippen LogP contribution >= 0.6 is 11.6 Å². The number of phenolic OH excluding ortho intramolecular Hbond substituents is 1. The molecule has 37 heavy (non-hydrogen) atoms. The van der Waals surface area contributed by atoms with Crippen LogP contribution in [-0.4, -0.2) is 32.7 Å². The molecule has 0 saturated carbocycles. The number of rotatable bonds is 12. The van der Waals surface area contributed by atoms with Gasteiger partial charge >= 0.3 is 5.97 Å². The number of hydrogen-bond acceptors (Lipinski definition) is 5. The second kappa shape index (κ2) is 13.1. The zero-order valence-corrected chi connectivity index (χ0v) is 23.5. The molecule has 6 nitrogen and oxygen atoms in total. The third-order valence-electron chi connectivity index (χ3n) is 6.78. The standard InChI is InChI=1S/C30H40ClN3O3/c1-6-8-9-21(7-2)20-37-28(35)13-10-22-16-26(29(36)27(17-22)30(3,4)5)25-12-11-24(31)18-23(25)19-34-15-14-32-33-34/h11-12,14-18,21,36H,6-10,13,19-20H2,1-5H3. The summed E-state index contributed by atoms with van der Waals surface area (Å²) in [5, 5.41) is 20.0. The van der Waals surface area contributed by atoms with Gasteiger partial charge in [-0.2, -0.15) is 0 Å². The summed E-state index contributed by atoms with van der Waals surface area (Å²) in [6, 6.07) is 9.62. The first-order valence-electron chi connectivity index (χ1n) is 13.3. The third-order valence-corrected chi connectivity index (χ3v) is 7.02. The molecule has 0 aliphatic rings. The fourth-order valence-corrected chi connectivity index (χ4v) is 4.69. The molecule has 200 valence electrons. The first-order chi connectivity index (χ1) is 17.6. The molecular formula is C30H40ClN3O3. The van der Waals surface area contributed by atoms with Crippen molar-refractivity contribution in [2.75, 3.05) is 6.61 Å². The summed E-state index contributed by atoms with van der Waals surface area (Å²) < 4.78 is 7.35. The molecule has 0 bridgehead atoms.